The molecular weight excluding hydrogens is 514 g/mol. The highest BCUT2D eigenvalue weighted by atomic mass is 16.6. The van der Waals surface area contributed by atoms with E-state index < -0.39 is 48.3 Å². The van der Waals surface area contributed by atoms with Crippen LogP contribution in [0, 0.1) is 11.8 Å². The van der Waals surface area contributed by atoms with Gasteiger partial charge in [0.2, 0.25) is 0 Å². The maximum atomic E-state index is 13.8. The smallest absolute Gasteiger partial charge is 0.313 e. The van der Waals surface area contributed by atoms with E-state index >= 15 is 0 Å². The number of esters is 2. The zero-order chi connectivity index (χ0) is 29.2. The Morgan fingerprint density at radius 3 is 2.40 bits per heavy atom. The van der Waals surface area contributed by atoms with Crippen LogP contribution in [0.5, 0.6) is 5.75 Å². The molecule has 1 aromatic carbocycles. The Bertz CT molecular complexity index is 965. The van der Waals surface area contributed by atoms with E-state index in [-0.39, 0.29) is 37.8 Å². The molecule has 3 rings (SSSR count). The second kappa shape index (κ2) is 15.4. The van der Waals surface area contributed by atoms with Crippen molar-refractivity contribution in [1.82, 2.24) is 4.90 Å². The van der Waals surface area contributed by atoms with Crippen LogP contribution in [0.1, 0.15) is 84.6 Å². The minimum absolute atomic E-state index is 0.0810. The van der Waals surface area contributed by atoms with Crippen molar-refractivity contribution in [2.75, 3.05) is 13.7 Å². The van der Waals surface area contributed by atoms with Gasteiger partial charge in [-0.25, -0.2) is 0 Å². The number of ether oxygens (including phenoxy) is 4. The van der Waals surface area contributed by atoms with Crippen LogP contribution in [0.3, 0.4) is 0 Å². The fourth-order valence-corrected chi connectivity index (χ4v) is 5.44. The largest absolute Gasteiger partial charge is 0.497 e. The van der Waals surface area contributed by atoms with Crippen LogP contribution in [-0.4, -0.2) is 72.0 Å². The summed E-state index contributed by atoms with van der Waals surface area (Å²) in [6.07, 6.45) is 2.69. The summed E-state index contributed by atoms with van der Waals surface area (Å²) < 4.78 is 23.2. The van der Waals surface area contributed by atoms with Gasteiger partial charge in [0.05, 0.1) is 44.3 Å². The number of amides is 1. The van der Waals surface area contributed by atoms with Gasteiger partial charge in [-0.05, 0) is 49.8 Å². The van der Waals surface area contributed by atoms with Crippen molar-refractivity contribution in [1.29, 1.82) is 0 Å². The topological polar surface area (TPSA) is 112 Å². The van der Waals surface area contributed by atoms with Gasteiger partial charge in [-0.15, -0.1) is 0 Å². The third-order valence-electron chi connectivity index (χ3n) is 7.92. The van der Waals surface area contributed by atoms with Gasteiger partial charge in [0.15, 0.2) is 6.10 Å². The average Bonchev–Trinajstić information content (AvgIpc) is 3.33. The number of aliphatic hydroxyl groups is 1. The highest BCUT2D eigenvalue weighted by molar-refractivity contribution is 5.85. The van der Waals surface area contributed by atoms with Crippen LogP contribution in [0.15, 0.2) is 24.3 Å². The normalized spacial score (nSPS) is 28.0. The maximum absolute atomic E-state index is 13.8. The van der Waals surface area contributed by atoms with E-state index in [2.05, 4.69) is 6.92 Å². The minimum Gasteiger partial charge on any atom is -0.497 e. The SMILES string of the molecule is CCCCCCC[C@@H]1OC(=O)CC(OCc2ccc(OC)cc2)[C@@H]2C[C@@H](O)CN2C(=O)[C@H](C(C)C)OC(=O)[C@H]1C. The third kappa shape index (κ3) is 8.67. The van der Waals surface area contributed by atoms with Crippen LogP contribution in [0.4, 0.5) is 0 Å². The van der Waals surface area contributed by atoms with E-state index in [0.717, 1.165) is 43.4 Å². The summed E-state index contributed by atoms with van der Waals surface area (Å²) in [5.74, 6) is -1.70. The Hall–Kier alpha value is -2.65. The Morgan fingerprint density at radius 2 is 1.75 bits per heavy atom. The first-order valence-electron chi connectivity index (χ1n) is 14.8. The number of benzene rings is 1. The third-order valence-corrected chi connectivity index (χ3v) is 7.92. The summed E-state index contributed by atoms with van der Waals surface area (Å²) in [5.41, 5.74) is 0.879. The summed E-state index contributed by atoms with van der Waals surface area (Å²) in [7, 11) is 1.60. The number of methoxy groups -OCH3 is 1. The summed E-state index contributed by atoms with van der Waals surface area (Å²) in [6, 6.07) is 6.85. The van der Waals surface area contributed by atoms with E-state index in [0.29, 0.717) is 6.42 Å². The lowest BCUT2D eigenvalue weighted by atomic mass is 9.97. The van der Waals surface area contributed by atoms with Crippen LogP contribution < -0.4 is 4.74 Å². The van der Waals surface area contributed by atoms with E-state index in [1.165, 1.54) is 4.90 Å². The first kappa shape index (κ1) is 31.9. The van der Waals surface area contributed by atoms with Gasteiger partial charge in [-0.3, -0.25) is 14.4 Å². The molecule has 9 nitrogen and oxygen atoms in total. The lowest BCUT2D eigenvalue weighted by Gasteiger charge is -2.36. The van der Waals surface area contributed by atoms with Gasteiger partial charge < -0.3 is 29.0 Å². The van der Waals surface area contributed by atoms with Gasteiger partial charge in [-0.1, -0.05) is 58.6 Å². The van der Waals surface area contributed by atoms with E-state index in [4.69, 9.17) is 18.9 Å². The minimum atomic E-state index is -1.01. The van der Waals surface area contributed by atoms with Crippen LogP contribution in [0.2, 0.25) is 0 Å². The van der Waals surface area contributed by atoms with Crippen molar-refractivity contribution in [2.24, 2.45) is 11.8 Å². The van der Waals surface area contributed by atoms with Gasteiger partial charge in [0, 0.05) is 6.54 Å². The molecule has 1 unspecified atom stereocenters. The summed E-state index contributed by atoms with van der Waals surface area (Å²) in [4.78, 5) is 41.8. The van der Waals surface area contributed by atoms with Crippen molar-refractivity contribution in [2.45, 2.75) is 116 Å². The van der Waals surface area contributed by atoms with Gasteiger partial charge in [0.1, 0.15) is 11.9 Å². The van der Waals surface area contributed by atoms with Gasteiger partial charge in [0.25, 0.3) is 5.91 Å². The van der Waals surface area contributed by atoms with Crippen molar-refractivity contribution >= 4 is 17.8 Å². The summed E-state index contributed by atoms with van der Waals surface area (Å²) in [5, 5.41) is 10.6. The average molecular weight is 562 g/mol. The second-order valence-electron chi connectivity index (χ2n) is 11.5. The molecular formula is C31H47NO8. The van der Waals surface area contributed by atoms with E-state index in [1.54, 1.807) is 14.0 Å². The molecule has 1 N–H and O–H groups in total. The standard InChI is InChI=1S/C31H47NO8/c1-6-7-8-9-10-11-26-21(4)31(36)40-29(20(2)3)30(35)32-18-23(33)16-25(32)27(17-28(34)39-26)38-19-22-12-14-24(37-5)15-13-22/h12-15,20-21,23,25-27,29,33H,6-11,16-19H2,1-5H3/t21-,23+,25-,26-,27?,29-/m0/s1. The molecule has 0 aromatic heterocycles. The van der Waals surface area contributed by atoms with Crippen LogP contribution in [-0.2, 0) is 35.2 Å². The molecule has 0 aliphatic carbocycles. The molecule has 224 valence electrons. The number of fused-ring (bicyclic) bond motifs is 1. The molecule has 2 aliphatic rings. The molecule has 1 amide bonds. The lowest BCUT2D eigenvalue weighted by Crippen LogP contribution is -2.52. The Labute approximate surface area is 238 Å². The predicted molar refractivity (Wildman–Crippen MR) is 149 cm³/mol. The monoisotopic (exact) mass is 561 g/mol. The number of carbonyl (C=O) groups is 3. The number of hydrogen-bond acceptors (Lipinski definition) is 8. The molecule has 1 aromatic rings. The molecule has 0 radical (unpaired) electrons. The number of carbonyl (C=O) groups excluding carboxylic acids is 3. The quantitative estimate of drug-likeness (QED) is 0.312. The van der Waals surface area contributed by atoms with Crippen molar-refractivity contribution in [3.63, 3.8) is 0 Å². The number of aliphatic hydroxyl groups excluding tert-OH is 1. The zero-order valence-corrected chi connectivity index (χ0v) is 24.7. The molecule has 2 heterocycles. The molecule has 2 saturated heterocycles. The number of hydrogen-bond donors (Lipinski definition) is 1. The molecule has 9 heteroatoms. The van der Waals surface area contributed by atoms with Crippen molar-refractivity contribution < 1.29 is 38.4 Å². The molecule has 2 fully saturated rings. The summed E-state index contributed by atoms with van der Waals surface area (Å²) in [6.45, 7) is 7.79. The second-order valence-corrected chi connectivity index (χ2v) is 11.5. The zero-order valence-electron chi connectivity index (χ0n) is 24.7. The Balaban J connectivity index is 1.87. The van der Waals surface area contributed by atoms with Crippen molar-refractivity contribution in [3.8, 4) is 5.75 Å². The van der Waals surface area contributed by atoms with E-state index in [9.17, 15) is 19.5 Å². The summed E-state index contributed by atoms with van der Waals surface area (Å²) >= 11 is 0. The van der Waals surface area contributed by atoms with Crippen LogP contribution >= 0.6 is 0 Å². The van der Waals surface area contributed by atoms with Crippen LogP contribution in [0.25, 0.3) is 0 Å². The van der Waals surface area contributed by atoms with Crippen molar-refractivity contribution in [3.05, 3.63) is 29.8 Å². The molecule has 2 aliphatic heterocycles. The van der Waals surface area contributed by atoms with Gasteiger partial charge in [-0.2, -0.15) is 0 Å². The maximum Gasteiger partial charge on any atom is 0.313 e. The first-order valence-corrected chi connectivity index (χ1v) is 14.8. The highest BCUT2D eigenvalue weighted by Crippen LogP contribution is 2.30. The first-order chi connectivity index (χ1) is 19.1. The molecule has 40 heavy (non-hydrogen) atoms. The Morgan fingerprint density at radius 1 is 1.05 bits per heavy atom. The van der Waals surface area contributed by atoms with E-state index in [1.807, 2.05) is 38.1 Å². The van der Waals surface area contributed by atoms with Gasteiger partial charge >= 0.3 is 11.9 Å². The Kier molecular flexibility index (Phi) is 12.3. The highest BCUT2D eigenvalue weighted by Gasteiger charge is 2.45. The predicted octanol–water partition coefficient (Wildman–Crippen LogP) is 4.42. The fraction of sp³-hybridized carbons (Fsp3) is 0.710. The molecule has 0 saturated carbocycles. The number of unbranched alkanes of at least 4 members (excludes halogenated alkanes) is 4. The molecule has 0 bridgehead atoms. The lowest BCUT2D eigenvalue weighted by molar-refractivity contribution is -0.177. The number of rotatable bonds is 11. The fourth-order valence-electron chi connectivity index (χ4n) is 5.44. The number of nitrogens with zero attached hydrogens (tertiary/aromatic N) is 1. The number of cyclic esters (lactones) is 2. The molecule has 6 atom stereocenters. The molecule has 0 spiro atoms.